The third-order valence-corrected chi connectivity index (χ3v) is 3.20. The van der Waals surface area contributed by atoms with Crippen molar-refractivity contribution in [2.75, 3.05) is 13.7 Å². The number of nitrogens with zero attached hydrogens (tertiary/aromatic N) is 2. The van der Waals surface area contributed by atoms with Gasteiger partial charge in [-0.05, 0) is 6.92 Å². The zero-order valence-corrected chi connectivity index (χ0v) is 10.6. The molecule has 0 aromatic carbocycles. The molecule has 1 fully saturated rings. The van der Waals surface area contributed by atoms with Gasteiger partial charge in [0.25, 0.3) is 0 Å². The molecule has 1 aromatic rings. The zero-order chi connectivity index (χ0) is 14.2. The Bertz CT molecular complexity index is 514. The predicted molar refractivity (Wildman–Crippen MR) is 62.7 cm³/mol. The van der Waals surface area contributed by atoms with Gasteiger partial charge in [0.05, 0.1) is 13.7 Å². The van der Waals surface area contributed by atoms with Gasteiger partial charge >= 0.3 is 5.69 Å². The number of rotatable bonds is 3. The quantitative estimate of drug-likeness (QED) is 0.598. The maximum absolute atomic E-state index is 11.8. The third kappa shape index (κ3) is 2.23. The van der Waals surface area contributed by atoms with Crippen LogP contribution in [0, 0.1) is 0 Å². The number of hydrogen-bond donors (Lipinski definition) is 3. The Hall–Kier alpha value is -1.48. The van der Waals surface area contributed by atoms with Gasteiger partial charge in [-0.15, -0.1) is 0 Å². The number of ether oxygens (including phenoxy) is 2. The first kappa shape index (κ1) is 13.9. The van der Waals surface area contributed by atoms with Crippen LogP contribution < -0.4 is 10.4 Å². The van der Waals surface area contributed by atoms with Crippen LogP contribution in [0.4, 0.5) is 0 Å². The Kier molecular flexibility index (Phi) is 3.59. The van der Waals surface area contributed by atoms with Crippen molar-refractivity contribution in [2.24, 2.45) is 0 Å². The molecule has 1 unspecified atom stereocenters. The minimum Gasteiger partial charge on any atom is -0.481 e. The van der Waals surface area contributed by atoms with Crippen LogP contribution in [0.1, 0.15) is 13.2 Å². The average molecular weight is 272 g/mol. The lowest BCUT2D eigenvalue weighted by Crippen LogP contribution is -2.46. The van der Waals surface area contributed by atoms with Crippen molar-refractivity contribution in [3.8, 4) is 5.88 Å². The van der Waals surface area contributed by atoms with Crippen LogP contribution in [0.25, 0.3) is 0 Å². The van der Waals surface area contributed by atoms with E-state index in [1.807, 2.05) is 0 Å². The monoisotopic (exact) mass is 272 g/mol. The van der Waals surface area contributed by atoms with E-state index < -0.39 is 36.3 Å². The second-order valence-electron chi connectivity index (χ2n) is 4.54. The lowest BCUT2D eigenvalue weighted by molar-refractivity contribution is -0.0988. The van der Waals surface area contributed by atoms with E-state index in [9.17, 15) is 15.0 Å². The van der Waals surface area contributed by atoms with Gasteiger partial charge in [-0.25, -0.2) is 4.79 Å². The third-order valence-electron chi connectivity index (χ3n) is 3.20. The summed E-state index contributed by atoms with van der Waals surface area (Å²) in [6.07, 6.45) is -2.06. The summed E-state index contributed by atoms with van der Waals surface area (Å²) >= 11 is 0. The molecule has 0 saturated carbocycles. The molecule has 4 atom stereocenters. The van der Waals surface area contributed by atoms with Gasteiger partial charge in [0.2, 0.25) is 5.88 Å². The number of aliphatic hydroxyl groups is 3. The van der Waals surface area contributed by atoms with Crippen molar-refractivity contribution in [1.82, 2.24) is 9.55 Å². The summed E-state index contributed by atoms with van der Waals surface area (Å²) in [5.74, 6) is 0.137. The summed E-state index contributed by atoms with van der Waals surface area (Å²) in [5, 5.41) is 29.1. The van der Waals surface area contributed by atoms with Crippen molar-refractivity contribution >= 4 is 0 Å². The van der Waals surface area contributed by atoms with Gasteiger partial charge in [-0.2, -0.15) is 4.98 Å². The normalized spacial score (nSPS) is 34.5. The minimum absolute atomic E-state index is 0.137. The van der Waals surface area contributed by atoms with E-state index >= 15 is 0 Å². The van der Waals surface area contributed by atoms with E-state index in [4.69, 9.17) is 14.6 Å². The summed E-state index contributed by atoms with van der Waals surface area (Å²) < 4.78 is 11.2. The van der Waals surface area contributed by atoms with Gasteiger partial charge in [-0.1, -0.05) is 0 Å². The van der Waals surface area contributed by atoms with Crippen molar-refractivity contribution in [3.05, 3.63) is 22.7 Å². The molecule has 0 amide bonds. The molecule has 0 aliphatic carbocycles. The first-order chi connectivity index (χ1) is 8.91. The van der Waals surface area contributed by atoms with Gasteiger partial charge in [0.1, 0.15) is 17.8 Å². The molecule has 1 aliphatic rings. The van der Waals surface area contributed by atoms with Gasteiger partial charge in [0, 0.05) is 12.3 Å². The average Bonchev–Trinajstić information content (AvgIpc) is 2.61. The second kappa shape index (κ2) is 4.89. The van der Waals surface area contributed by atoms with E-state index in [0.717, 1.165) is 4.57 Å². The lowest BCUT2D eigenvalue weighted by Gasteiger charge is -2.27. The molecule has 2 rings (SSSR count). The molecule has 3 N–H and O–H groups in total. The van der Waals surface area contributed by atoms with Crippen LogP contribution >= 0.6 is 0 Å². The van der Waals surface area contributed by atoms with Crippen molar-refractivity contribution in [2.45, 2.75) is 31.0 Å². The zero-order valence-electron chi connectivity index (χ0n) is 10.6. The van der Waals surface area contributed by atoms with E-state index in [-0.39, 0.29) is 5.88 Å². The number of methoxy groups -OCH3 is 1. The van der Waals surface area contributed by atoms with Crippen LogP contribution in [-0.4, -0.2) is 56.4 Å². The number of hydrogen-bond acceptors (Lipinski definition) is 7. The highest BCUT2D eigenvalue weighted by Gasteiger charge is 2.53. The Morgan fingerprint density at radius 1 is 1.63 bits per heavy atom. The summed E-state index contributed by atoms with van der Waals surface area (Å²) in [4.78, 5) is 15.4. The molecule has 1 aromatic heterocycles. The standard InChI is InChI=1S/C11H16N2O6/c1-11(17)8(15)6(5-14)19-9(11)13-4-3-7(18-2)12-10(13)16/h3-4,6,8-9,14-15,17H,5H2,1-2H3/t6-,8-,9?,11-/m1/s1. The molecule has 8 heteroatoms. The summed E-state index contributed by atoms with van der Waals surface area (Å²) in [6, 6.07) is 1.43. The highest BCUT2D eigenvalue weighted by molar-refractivity contribution is 5.08. The summed E-state index contributed by atoms with van der Waals surface area (Å²) in [6.45, 7) is 0.862. The molecule has 8 nitrogen and oxygen atoms in total. The van der Waals surface area contributed by atoms with Crippen molar-refractivity contribution in [3.63, 3.8) is 0 Å². The molecule has 0 spiro atoms. The Morgan fingerprint density at radius 2 is 2.32 bits per heavy atom. The molecule has 106 valence electrons. The molecule has 0 bridgehead atoms. The predicted octanol–water partition coefficient (Wildman–Crippen LogP) is -1.75. The highest BCUT2D eigenvalue weighted by Crippen LogP contribution is 2.37. The van der Waals surface area contributed by atoms with Crippen LogP contribution in [0.2, 0.25) is 0 Å². The van der Waals surface area contributed by atoms with E-state index in [1.165, 1.54) is 26.3 Å². The molecule has 2 heterocycles. The SMILES string of the molecule is COc1ccn(C2O[C@H](CO)[C@@H](O)[C@@]2(C)O)c(=O)n1. The largest absolute Gasteiger partial charge is 0.481 e. The lowest BCUT2D eigenvalue weighted by atomic mass is 9.96. The Labute approximate surface area is 108 Å². The molecule has 19 heavy (non-hydrogen) atoms. The fraction of sp³-hybridized carbons (Fsp3) is 0.636. The fourth-order valence-corrected chi connectivity index (χ4v) is 2.08. The Morgan fingerprint density at radius 3 is 2.79 bits per heavy atom. The first-order valence-electron chi connectivity index (χ1n) is 5.71. The minimum atomic E-state index is -1.71. The second-order valence-corrected chi connectivity index (χ2v) is 4.54. The molecule has 0 radical (unpaired) electrons. The van der Waals surface area contributed by atoms with Crippen molar-refractivity contribution in [1.29, 1.82) is 0 Å². The molecular formula is C11H16N2O6. The van der Waals surface area contributed by atoms with Crippen LogP contribution in [0.3, 0.4) is 0 Å². The fourth-order valence-electron chi connectivity index (χ4n) is 2.08. The topological polar surface area (TPSA) is 114 Å². The smallest absolute Gasteiger partial charge is 0.353 e. The summed E-state index contributed by atoms with van der Waals surface area (Å²) in [7, 11) is 1.37. The Balaban J connectivity index is 2.39. The molecule has 1 aliphatic heterocycles. The maximum Gasteiger partial charge on any atom is 0.353 e. The van der Waals surface area contributed by atoms with Crippen LogP contribution in [-0.2, 0) is 4.74 Å². The van der Waals surface area contributed by atoms with Gasteiger partial charge in [-0.3, -0.25) is 4.57 Å². The van der Waals surface area contributed by atoms with Crippen molar-refractivity contribution < 1.29 is 24.8 Å². The number of aliphatic hydroxyl groups excluding tert-OH is 2. The van der Waals surface area contributed by atoms with E-state index in [2.05, 4.69) is 4.98 Å². The first-order valence-corrected chi connectivity index (χ1v) is 5.71. The van der Waals surface area contributed by atoms with Crippen LogP contribution in [0.15, 0.2) is 17.1 Å². The van der Waals surface area contributed by atoms with Gasteiger partial charge < -0.3 is 24.8 Å². The molecule has 1 saturated heterocycles. The molecular weight excluding hydrogens is 256 g/mol. The maximum atomic E-state index is 11.8. The van der Waals surface area contributed by atoms with E-state index in [1.54, 1.807) is 0 Å². The highest BCUT2D eigenvalue weighted by atomic mass is 16.6. The van der Waals surface area contributed by atoms with Gasteiger partial charge in [0.15, 0.2) is 6.23 Å². The number of aromatic nitrogens is 2. The van der Waals surface area contributed by atoms with Crippen LogP contribution in [0.5, 0.6) is 5.88 Å². The van der Waals surface area contributed by atoms with E-state index in [0.29, 0.717) is 0 Å². The summed E-state index contributed by atoms with van der Waals surface area (Å²) in [5.41, 5.74) is -2.40.